The molecule has 0 saturated carbocycles. The van der Waals surface area contributed by atoms with Crippen LogP contribution >= 0.6 is 23.8 Å². The fourth-order valence-electron chi connectivity index (χ4n) is 2.84. The van der Waals surface area contributed by atoms with E-state index < -0.39 is 30.3 Å². The first-order chi connectivity index (χ1) is 10.4. The van der Waals surface area contributed by atoms with E-state index in [1.807, 2.05) is 0 Å². The Morgan fingerprint density at radius 3 is 2.77 bits per heavy atom. The zero-order valence-electron chi connectivity index (χ0n) is 12.1. The Hall–Kier alpha value is -0.770. The predicted octanol–water partition coefficient (Wildman–Crippen LogP) is 1.05. The highest BCUT2D eigenvalue weighted by molar-refractivity contribution is 7.71. The average molecular weight is 349 g/mol. The van der Waals surface area contributed by atoms with Crippen molar-refractivity contribution in [1.29, 1.82) is 0 Å². The molecule has 1 unspecified atom stereocenters. The van der Waals surface area contributed by atoms with Crippen molar-refractivity contribution >= 4 is 23.8 Å². The summed E-state index contributed by atoms with van der Waals surface area (Å²) in [6.45, 7) is 3.40. The summed E-state index contributed by atoms with van der Waals surface area (Å²) in [4.78, 5) is 14.3. The Kier molecular flexibility index (Phi) is 4.17. The molecule has 3 heterocycles. The van der Waals surface area contributed by atoms with Crippen molar-refractivity contribution in [2.45, 2.75) is 50.1 Å². The maximum atomic E-state index is 11.7. The first-order valence-electron chi connectivity index (χ1n) is 6.88. The number of halogens is 1. The zero-order valence-corrected chi connectivity index (χ0v) is 13.7. The van der Waals surface area contributed by atoms with E-state index in [1.165, 1.54) is 0 Å². The number of nitrogens with one attached hydrogen (secondary N) is 1. The number of H-pyrrole nitrogens is 1. The van der Waals surface area contributed by atoms with Crippen LogP contribution in [0.3, 0.4) is 0 Å². The molecule has 0 bridgehead atoms. The van der Waals surface area contributed by atoms with Crippen LogP contribution in [0.4, 0.5) is 0 Å². The van der Waals surface area contributed by atoms with Crippen LogP contribution in [0.25, 0.3) is 0 Å². The summed E-state index contributed by atoms with van der Waals surface area (Å²) in [7, 11) is 0. The third-order valence-corrected chi connectivity index (χ3v) is 4.37. The minimum absolute atomic E-state index is 0.0536. The number of aliphatic hydroxyl groups excluding tert-OH is 1. The Morgan fingerprint density at radius 2 is 2.14 bits per heavy atom. The second-order valence-corrected chi connectivity index (χ2v) is 6.42. The van der Waals surface area contributed by atoms with Gasteiger partial charge >= 0.3 is 0 Å². The Morgan fingerprint density at radius 1 is 1.45 bits per heavy atom. The number of alkyl halides is 1. The van der Waals surface area contributed by atoms with Gasteiger partial charge in [-0.1, -0.05) is 0 Å². The number of aromatic nitrogens is 2. The van der Waals surface area contributed by atoms with Gasteiger partial charge in [0.2, 0.25) is 0 Å². The molecule has 4 atom stereocenters. The van der Waals surface area contributed by atoms with E-state index in [4.69, 9.17) is 38.0 Å². The van der Waals surface area contributed by atoms with Crippen LogP contribution in [0.15, 0.2) is 11.0 Å². The Balaban J connectivity index is 2.02. The monoisotopic (exact) mass is 348 g/mol. The van der Waals surface area contributed by atoms with Crippen molar-refractivity contribution < 1.29 is 19.3 Å². The number of hydrogen-bond acceptors (Lipinski definition) is 6. The SMILES string of the molecule is CC1(C)OC2[C@@H](CO)O[C@@H](n3cc(CCl)c(=O)[nH]c3=S)[C@H]2O1. The highest BCUT2D eigenvalue weighted by Crippen LogP contribution is 2.42. The average Bonchev–Trinajstić information content (AvgIpc) is 2.92. The van der Waals surface area contributed by atoms with E-state index in [-0.39, 0.29) is 22.8 Å². The first kappa shape index (κ1) is 16.1. The largest absolute Gasteiger partial charge is 0.394 e. The van der Waals surface area contributed by atoms with Crippen LogP contribution in [-0.2, 0) is 20.1 Å². The van der Waals surface area contributed by atoms with Gasteiger partial charge in [-0.25, -0.2) is 0 Å². The molecular formula is C13H17ClN2O5S. The lowest BCUT2D eigenvalue weighted by Crippen LogP contribution is -2.31. The predicted molar refractivity (Wildman–Crippen MR) is 80.3 cm³/mol. The maximum Gasteiger partial charge on any atom is 0.256 e. The smallest absolute Gasteiger partial charge is 0.256 e. The van der Waals surface area contributed by atoms with Crippen molar-refractivity contribution in [3.8, 4) is 0 Å². The number of rotatable bonds is 3. The first-order valence-corrected chi connectivity index (χ1v) is 7.83. The molecule has 1 aromatic rings. The maximum absolute atomic E-state index is 11.7. The molecule has 0 spiro atoms. The van der Waals surface area contributed by atoms with Crippen LogP contribution in [0.1, 0.15) is 25.6 Å². The number of ether oxygens (including phenoxy) is 3. The summed E-state index contributed by atoms with van der Waals surface area (Å²) < 4.78 is 19.3. The highest BCUT2D eigenvalue weighted by atomic mass is 35.5. The molecule has 2 N–H and O–H groups in total. The van der Waals surface area contributed by atoms with Gasteiger partial charge in [-0.15, -0.1) is 11.6 Å². The standard InChI is InChI=1S/C13H17ClN2O5S/c1-13(2)20-8-7(5-17)19-11(9(8)21-13)16-4-6(3-14)10(18)15-12(16)22/h4,7-9,11,17H,3,5H2,1-2H3,(H,15,18,22)/t7-,8?,9+,11-/m1/s1. The molecule has 22 heavy (non-hydrogen) atoms. The van der Waals surface area contributed by atoms with E-state index in [0.717, 1.165) is 0 Å². The van der Waals surface area contributed by atoms with Crippen LogP contribution < -0.4 is 5.56 Å². The van der Waals surface area contributed by atoms with Crippen molar-refractivity contribution in [2.75, 3.05) is 6.61 Å². The van der Waals surface area contributed by atoms with Gasteiger partial charge in [0, 0.05) is 11.8 Å². The molecular weight excluding hydrogens is 332 g/mol. The molecule has 0 amide bonds. The molecule has 0 aromatic carbocycles. The normalized spacial score (nSPS) is 33.1. The van der Waals surface area contributed by atoms with Gasteiger partial charge < -0.3 is 19.3 Å². The second-order valence-electron chi connectivity index (χ2n) is 5.77. The van der Waals surface area contributed by atoms with Gasteiger partial charge in [0.05, 0.1) is 12.5 Å². The second kappa shape index (κ2) is 5.70. The van der Waals surface area contributed by atoms with E-state index in [2.05, 4.69) is 4.98 Å². The summed E-state index contributed by atoms with van der Waals surface area (Å²) in [5.41, 5.74) is 0.0504. The van der Waals surface area contributed by atoms with Crippen molar-refractivity contribution in [3.63, 3.8) is 0 Å². The van der Waals surface area contributed by atoms with Gasteiger partial charge in [-0.3, -0.25) is 14.3 Å². The zero-order chi connectivity index (χ0) is 16.1. The fraction of sp³-hybridized carbons (Fsp3) is 0.692. The number of nitrogens with zero attached hydrogens (tertiary/aromatic N) is 1. The molecule has 7 nitrogen and oxygen atoms in total. The van der Waals surface area contributed by atoms with Crippen LogP contribution in [-0.4, -0.2) is 45.4 Å². The molecule has 2 saturated heterocycles. The summed E-state index contributed by atoms with van der Waals surface area (Å²) in [6.07, 6.45) is -0.406. The van der Waals surface area contributed by atoms with E-state index in [0.29, 0.717) is 5.56 Å². The van der Waals surface area contributed by atoms with Gasteiger partial charge in [0.25, 0.3) is 5.56 Å². The third-order valence-electron chi connectivity index (χ3n) is 3.76. The number of fused-ring (bicyclic) bond motifs is 1. The molecule has 122 valence electrons. The number of hydrogen-bond donors (Lipinski definition) is 2. The molecule has 2 aliphatic rings. The Bertz CT molecular complexity index is 688. The molecule has 2 aliphatic heterocycles. The number of aromatic amines is 1. The van der Waals surface area contributed by atoms with Crippen molar-refractivity contribution in [2.24, 2.45) is 0 Å². The Labute approximate surface area is 136 Å². The van der Waals surface area contributed by atoms with E-state index >= 15 is 0 Å². The van der Waals surface area contributed by atoms with Crippen molar-refractivity contribution in [1.82, 2.24) is 9.55 Å². The molecule has 0 aliphatic carbocycles. The van der Waals surface area contributed by atoms with Crippen LogP contribution in [0, 0.1) is 4.77 Å². The van der Waals surface area contributed by atoms with Gasteiger partial charge in [0.1, 0.15) is 18.3 Å². The summed E-state index contributed by atoms with van der Waals surface area (Å²) >= 11 is 11.0. The molecule has 1 aromatic heterocycles. The lowest BCUT2D eigenvalue weighted by molar-refractivity contribution is -0.200. The quantitative estimate of drug-likeness (QED) is 0.627. The summed E-state index contributed by atoms with van der Waals surface area (Å²) in [6, 6.07) is 0. The van der Waals surface area contributed by atoms with Gasteiger partial charge in [0.15, 0.2) is 16.8 Å². The lowest BCUT2D eigenvalue weighted by atomic mass is 10.1. The molecule has 2 fully saturated rings. The van der Waals surface area contributed by atoms with Crippen molar-refractivity contribution in [3.05, 3.63) is 26.9 Å². The molecule has 9 heteroatoms. The summed E-state index contributed by atoms with van der Waals surface area (Å²) in [5, 5.41) is 9.49. The van der Waals surface area contributed by atoms with Gasteiger partial charge in [-0.05, 0) is 26.1 Å². The molecule has 0 radical (unpaired) electrons. The van der Waals surface area contributed by atoms with E-state index in [9.17, 15) is 9.90 Å². The minimum atomic E-state index is -0.773. The minimum Gasteiger partial charge on any atom is -0.394 e. The van der Waals surface area contributed by atoms with E-state index in [1.54, 1.807) is 24.6 Å². The highest BCUT2D eigenvalue weighted by Gasteiger charge is 2.55. The van der Waals surface area contributed by atoms with Crippen LogP contribution in [0.5, 0.6) is 0 Å². The third kappa shape index (κ3) is 2.64. The topological polar surface area (TPSA) is 85.7 Å². The van der Waals surface area contributed by atoms with Crippen LogP contribution in [0.2, 0.25) is 0 Å². The lowest BCUT2D eigenvalue weighted by Gasteiger charge is -2.25. The fourth-order valence-corrected chi connectivity index (χ4v) is 3.28. The molecule has 3 rings (SSSR count). The summed E-state index contributed by atoms with van der Waals surface area (Å²) in [5.74, 6) is -0.720. The van der Waals surface area contributed by atoms with Gasteiger partial charge in [-0.2, -0.15) is 0 Å². The number of aliphatic hydroxyl groups is 1.